The van der Waals surface area contributed by atoms with E-state index in [9.17, 15) is 18.0 Å². The van der Waals surface area contributed by atoms with E-state index in [2.05, 4.69) is 5.32 Å². The molecule has 0 radical (unpaired) electrons. The SMILES string of the molecule is COc1ccc(C(=O)OCC(=O)NC23CC4CC(CC(C4)C2)C3)cc1S(=O)(=O)N1CCOCC1. The van der Waals surface area contributed by atoms with Crippen LogP contribution in [0, 0.1) is 17.8 Å². The fourth-order valence-electron chi connectivity index (χ4n) is 6.74. The van der Waals surface area contributed by atoms with E-state index in [0.29, 0.717) is 31.0 Å². The molecule has 0 atom stereocenters. The number of nitrogens with one attached hydrogen (secondary N) is 1. The van der Waals surface area contributed by atoms with E-state index < -0.39 is 22.6 Å². The molecule has 1 saturated heterocycles. The zero-order chi connectivity index (χ0) is 23.9. The van der Waals surface area contributed by atoms with Gasteiger partial charge in [0, 0.05) is 18.6 Å². The van der Waals surface area contributed by atoms with Crippen molar-refractivity contribution in [2.75, 3.05) is 40.0 Å². The Bertz CT molecular complexity index is 1030. The largest absolute Gasteiger partial charge is 0.495 e. The molecule has 34 heavy (non-hydrogen) atoms. The van der Waals surface area contributed by atoms with E-state index in [0.717, 1.165) is 19.3 Å². The molecule has 4 bridgehead atoms. The Balaban J connectivity index is 1.24. The van der Waals surface area contributed by atoms with E-state index in [1.165, 1.54) is 48.9 Å². The van der Waals surface area contributed by atoms with Gasteiger partial charge in [0.1, 0.15) is 10.6 Å². The maximum Gasteiger partial charge on any atom is 0.338 e. The summed E-state index contributed by atoms with van der Waals surface area (Å²) < 4.78 is 43.3. The van der Waals surface area contributed by atoms with Gasteiger partial charge in [0.2, 0.25) is 10.0 Å². The summed E-state index contributed by atoms with van der Waals surface area (Å²) in [6.07, 6.45) is 6.87. The van der Waals surface area contributed by atoms with Crippen LogP contribution in [0.2, 0.25) is 0 Å². The Morgan fingerprint density at radius 2 is 1.71 bits per heavy atom. The van der Waals surface area contributed by atoms with Gasteiger partial charge in [-0.25, -0.2) is 13.2 Å². The van der Waals surface area contributed by atoms with Crippen molar-refractivity contribution in [1.82, 2.24) is 9.62 Å². The summed E-state index contributed by atoms with van der Waals surface area (Å²) in [5.41, 5.74) is -0.104. The highest BCUT2D eigenvalue weighted by molar-refractivity contribution is 7.89. The minimum Gasteiger partial charge on any atom is -0.495 e. The van der Waals surface area contributed by atoms with Gasteiger partial charge < -0.3 is 19.5 Å². The van der Waals surface area contributed by atoms with Crippen molar-refractivity contribution in [2.45, 2.75) is 49.0 Å². The van der Waals surface area contributed by atoms with E-state index in [1.807, 2.05) is 0 Å². The molecule has 1 aromatic carbocycles. The molecular formula is C24H32N2O7S. The number of sulfonamides is 1. The lowest BCUT2D eigenvalue weighted by molar-refractivity contribution is -0.130. The van der Waals surface area contributed by atoms with E-state index in [4.69, 9.17) is 14.2 Å². The van der Waals surface area contributed by atoms with Crippen LogP contribution in [0.5, 0.6) is 5.75 Å². The van der Waals surface area contributed by atoms with Gasteiger partial charge in [0.05, 0.1) is 25.9 Å². The number of esters is 1. The number of hydrogen-bond donors (Lipinski definition) is 1. The van der Waals surface area contributed by atoms with Crippen LogP contribution in [0.1, 0.15) is 48.9 Å². The molecule has 1 aliphatic heterocycles. The smallest absolute Gasteiger partial charge is 0.338 e. The normalized spacial score (nSPS) is 30.7. The summed E-state index contributed by atoms with van der Waals surface area (Å²) in [6, 6.07) is 4.12. The molecule has 1 amide bonds. The third-order valence-electron chi connectivity index (χ3n) is 7.76. The van der Waals surface area contributed by atoms with Gasteiger partial charge in [-0.1, -0.05) is 0 Å². The van der Waals surface area contributed by atoms with Gasteiger partial charge in [-0.15, -0.1) is 0 Å². The van der Waals surface area contributed by atoms with Crippen molar-refractivity contribution in [1.29, 1.82) is 0 Å². The Morgan fingerprint density at radius 1 is 1.09 bits per heavy atom. The first kappa shape index (κ1) is 23.6. The van der Waals surface area contributed by atoms with Crippen molar-refractivity contribution in [3.05, 3.63) is 23.8 Å². The summed E-state index contributed by atoms with van der Waals surface area (Å²) in [4.78, 5) is 25.3. The van der Waals surface area contributed by atoms with Gasteiger partial charge in [0.15, 0.2) is 6.61 Å². The predicted molar refractivity (Wildman–Crippen MR) is 122 cm³/mol. The summed E-state index contributed by atoms with van der Waals surface area (Å²) in [5, 5.41) is 3.18. The van der Waals surface area contributed by atoms with Crippen molar-refractivity contribution in [2.24, 2.45) is 17.8 Å². The number of hydrogen-bond acceptors (Lipinski definition) is 7. The van der Waals surface area contributed by atoms with E-state index in [1.54, 1.807) is 0 Å². The number of carbonyl (C=O) groups excluding carboxylic acids is 2. The number of carbonyl (C=O) groups is 2. The minimum absolute atomic E-state index is 0.0511. The van der Waals surface area contributed by atoms with Crippen molar-refractivity contribution >= 4 is 21.9 Å². The van der Waals surface area contributed by atoms with Crippen LogP contribution in [0.4, 0.5) is 0 Å². The Hall–Kier alpha value is -2.17. The fraction of sp³-hybridized carbons (Fsp3) is 0.667. The molecule has 186 valence electrons. The van der Waals surface area contributed by atoms with Gasteiger partial charge in [-0.3, -0.25) is 4.79 Å². The van der Waals surface area contributed by atoms with Gasteiger partial charge in [0.25, 0.3) is 5.91 Å². The third-order valence-corrected chi connectivity index (χ3v) is 9.68. The molecule has 5 aliphatic rings. The Kier molecular flexibility index (Phi) is 6.32. The number of methoxy groups -OCH3 is 1. The van der Waals surface area contributed by atoms with Gasteiger partial charge in [-0.2, -0.15) is 4.31 Å². The second kappa shape index (κ2) is 9.13. The molecular weight excluding hydrogens is 460 g/mol. The molecule has 0 aromatic heterocycles. The summed E-state index contributed by atoms with van der Waals surface area (Å²) in [5.74, 6) is 1.18. The summed E-state index contributed by atoms with van der Waals surface area (Å²) in [7, 11) is -2.51. The average molecular weight is 493 g/mol. The number of nitrogens with zero attached hydrogens (tertiary/aromatic N) is 1. The maximum absolute atomic E-state index is 13.1. The number of ether oxygens (including phenoxy) is 3. The number of amides is 1. The molecule has 4 saturated carbocycles. The molecule has 0 spiro atoms. The molecule has 4 aliphatic carbocycles. The predicted octanol–water partition coefficient (Wildman–Crippen LogP) is 1.96. The second-order valence-electron chi connectivity index (χ2n) is 10.2. The third kappa shape index (κ3) is 4.55. The highest BCUT2D eigenvalue weighted by Gasteiger charge is 2.51. The van der Waals surface area contributed by atoms with Crippen LogP contribution >= 0.6 is 0 Å². The summed E-state index contributed by atoms with van der Waals surface area (Å²) in [6.45, 7) is 0.678. The van der Waals surface area contributed by atoms with Crippen LogP contribution in [-0.2, 0) is 24.3 Å². The minimum atomic E-state index is -3.88. The Labute approximate surface area is 200 Å². The topological polar surface area (TPSA) is 111 Å². The number of rotatable bonds is 7. The molecule has 10 heteroatoms. The first-order valence-electron chi connectivity index (χ1n) is 12.0. The molecule has 0 unspecified atom stereocenters. The van der Waals surface area contributed by atoms with E-state index in [-0.39, 0.29) is 40.7 Å². The highest BCUT2D eigenvalue weighted by Crippen LogP contribution is 2.55. The Morgan fingerprint density at radius 3 is 2.29 bits per heavy atom. The van der Waals surface area contributed by atoms with Crippen LogP contribution < -0.4 is 10.1 Å². The molecule has 9 nitrogen and oxygen atoms in total. The van der Waals surface area contributed by atoms with Crippen LogP contribution in [0.15, 0.2) is 23.1 Å². The molecule has 1 N–H and O–H groups in total. The van der Waals surface area contributed by atoms with Gasteiger partial charge in [-0.05, 0) is 74.5 Å². The van der Waals surface area contributed by atoms with Crippen LogP contribution in [0.3, 0.4) is 0 Å². The molecule has 5 fully saturated rings. The zero-order valence-corrected chi connectivity index (χ0v) is 20.3. The molecule has 1 heterocycles. The standard InChI is InChI=1S/C24H32N2O7S/c1-31-20-3-2-19(11-21(20)34(29,30)26-4-6-32-7-5-26)23(28)33-15-22(27)25-24-12-16-8-17(13-24)10-18(9-16)14-24/h2-3,11,16-18H,4-10,12-15H2,1H3,(H,25,27). The quantitative estimate of drug-likeness (QED) is 0.579. The lowest BCUT2D eigenvalue weighted by Crippen LogP contribution is -2.60. The van der Waals surface area contributed by atoms with E-state index >= 15 is 0 Å². The number of morpholine rings is 1. The highest BCUT2D eigenvalue weighted by atomic mass is 32.2. The first-order chi connectivity index (χ1) is 16.3. The molecule has 6 rings (SSSR count). The molecule has 1 aromatic rings. The van der Waals surface area contributed by atoms with Crippen molar-refractivity contribution in [3.63, 3.8) is 0 Å². The van der Waals surface area contributed by atoms with Crippen molar-refractivity contribution < 1.29 is 32.2 Å². The van der Waals surface area contributed by atoms with Crippen molar-refractivity contribution in [3.8, 4) is 5.75 Å². The monoisotopic (exact) mass is 492 g/mol. The average Bonchev–Trinajstić information content (AvgIpc) is 2.81. The first-order valence-corrected chi connectivity index (χ1v) is 13.5. The second-order valence-corrected chi connectivity index (χ2v) is 12.1. The zero-order valence-electron chi connectivity index (χ0n) is 19.5. The summed E-state index contributed by atoms with van der Waals surface area (Å²) >= 11 is 0. The van der Waals surface area contributed by atoms with Crippen LogP contribution in [-0.4, -0.2) is 70.2 Å². The number of benzene rings is 1. The maximum atomic E-state index is 13.1. The lowest BCUT2D eigenvalue weighted by atomic mass is 9.53. The van der Waals surface area contributed by atoms with Gasteiger partial charge >= 0.3 is 5.97 Å². The lowest BCUT2D eigenvalue weighted by Gasteiger charge is -2.56. The fourth-order valence-corrected chi connectivity index (χ4v) is 8.33. The van der Waals surface area contributed by atoms with Crippen LogP contribution in [0.25, 0.3) is 0 Å².